The van der Waals surface area contributed by atoms with Crippen molar-refractivity contribution in [1.29, 1.82) is 0 Å². The summed E-state index contributed by atoms with van der Waals surface area (Å²) < 4.78 is 46.4. The van der Waals surface area contributed by atoms with E-state index in [1.807, 2.05) is 102 Å². The van der Waals surface area contributed by atoms with Gasteiger partial charge in [-0.3, -0.25) is 9.13 Å². The molecular weight excluding hydrogens is 503 g/mol. The molecule has 0 aliphatic carbocycles. The molecule has 0 saturated carbocycles. The van der Waals surface area contributed by atoms with Gasteiger partial charge in [-0.15, -0.1) is 0 Å². The summed E-state index contributed by atoms with van der Waals surface area (Å²) in [7, 11) is 3.71. The van der Waals surface area contributed by atoms with Gasteiger partial charge in [-0.05, 0) is 39.0 Å². The zero-order valence-corrected chi connectivity index (χ0v) is 23.8. The molecule has 0 atom stereocenters. The number of fused-ring (bicyclic) bond motifs is 10. The lowest BCUT2D eigenvalue weighted by molar-refractivity contribution is -0.146. The number of nitrogens with zero attached hydrogens (tertiary/aromatic N) is 7. The van der Waals surface area contributed by atoms with Crippen LogP contribution in [0.2, 0.25) is 0 Å². The summed E-state index contributed by atoms with van der Waals surface area (Å²) in [6.45, 7) is 13.6. The van der Waals surface area contributed by atoms with Crippen LogP contribution in [-0.4, -0.2) is 43.2 Å². The number of pyridine rings is 2. The molecule has 1 aliphatic heterocycles. The molecule has 206 valence electrons. The second-order valence-electron chi connectivity index (χ2n) is 12.1. The normalized spacial score (nSPS) is 17.3. The highest BCUT2D eigenvalue weighted by Crippen LogP contribution is 2.45. The average molecular weight is 538 g/mol. The summed E-state index contributed by atoms with van der Waals surface area (Å²) in [6.07, 6.45) is -1.28. The summed E-state index contributed by atoms with van der Waals surface area (Å²) in [5, 5.41) is 0. The molecule has 8 bridgehead atoms. The predicted molar refractivity (Wildman–Crippen MR) is 145 cm³/mol. The van der Waals surface area contributed by atoms with Gasteiger partial charge in [0.2, 0.25) is 5.82 Å². The molecular formula is C29H34F3N7. The SMILES string of the molecule is Cc1nc2cn1-c1cccc(n1)C(C)(C)c1cc(N(C)C)cc(n1)-n1cc(nc1C(F)(F)F)C(C)(C)C2(C)C. The molecule has 5 heterocycles. The molecule has 10 heteroatoms. The zero-order valence-electron chi connectivity index (χ0n) is 23.8. The molecule has 39 heavy (non-hydrogen) atoms. The summed E-state index contributed by atoms with van der Waals surface area (Å²) in [4.78, 5) is 20.7. The Balaban J connectivity index is 1.93. The third kappa shape index (κ3) is 4.11. The van der Waals surface area contributed by atoms with Gasteiger partial charge in [-0.2, -0.15) is 13.2 Å². The number of imidazole rings is 2. The largest absolute Gasteiger partial charge is 0.450 e. The highest BCUT2D eigenvalue weighted by molar-refractivity contribution is 5.54. The summed E-state index contributed by atoms with van der Waals surface area (Å²) >= 11 is 0. The molecule has 0 saturated heterocycles. The van der Waals surface area contributed by atoms with Crippen LogP contribution in [0.3, 0.4) is 0 Å². The van der Waals surface area contributed by atoms with E-state index in [4.69, 9.17) is 15.0 Å². The van der Waals surface area contributed by atoms with Crippen molar-refractivity contribution in [2.24, 2.45) is 0 Å². The van der Waals surface area contributed by atoms with E-state index >= 15 is 0 Å². The first-order valence-electron chi connectivity index (χ1n) is 12.9. The van der Waals surface area contributed by atoms with E-state index in [1.165, 1.54) is 6.20 Å². The van der Waals surface area contributed by atoms with Crippen molar-refractivity contribution in [1.82, 2.24) is 29.1 Å². The topological polar surface area (TPSA) is 64.7 Å². The average Bonchev–Trinajstić information content (AvgIpc) is 3.48. The molecule has 5 rings (SSSR count). The molecule has 0 radical (unpaired) electrons. The van der Waals surface area contributed by atoms with E-state index in [2.05, 4.69) is 4.98 Å². The molecule has 0 aromatic carbocycles. The van der Waals surface area contributed by atoms with Crippen molar-refractivity contribution < 1.29 is 13.2 Å². The van der Waals surface area contributed by atoms with Crippen LogP contribution in [0.1, 0.15) is 76.0 Å². The van der Waals surface area contributed by atoms with Crippen LogP contribution in [0.4, 0.5) is 18.9 Å². The Morgan fingerprint density at radius 1 is 0.718 bits per heavy atom. The van der Waals surface area contributed by atoms with Gasteiger partial charge < -0.3 is 4.90 Å². The third-order valence-electron chi connectivity index (χ3n) is 8.51. The standard InChI is InChI=1S/C29H34F3N7/c1-17-33-21-15-38(17)23-12-10-11-19(34-23)26(2,3)20-13-18(37(8)9)14-24(35-20)39-16-22(28(6,7)27(21,4)5)36-25(39)29(30,31)32/h10-16H,1-9H3. The number of halogens is 3. The molecule has 0 spiro atoms. The number of anilines is 1. The van der Waals surface area contributed by atoms with E-state index in [0.717, 1.165) is 27.5 Å². The Hall–Kier alpha value is -3.69. The minimum absolute atomic E-state index is 0.147. The van der Waals surface area contributed by atoms with Gasteiger partial charge in [0, 0.05) is 54.5 Å². The maximum Gasteiger partial charge on any atom is 0.450 e. The Morgan fingerprint density at radius 3 is 1.92 bits per heavy atom. The fraction of sp³-hybridized carbons (Fsp3) is 0.448. The van der Waals surface area contributed by atoms with Crippen molar-refractivity contribution in [3.8, 4) is 11.6 Å². The van der Waals surface area contributed by atoms with Crippen molar-refractivity contribution in [3.63, 3.8) is 0 Å². The van der Waals surface area contributed by atoms with Crippen molar-refractivity contribution >= 4 is 5.69 Å². The minimum atomic E-state index is -4.69. The van der Waals surface area contributed by atoms with Crippen LogP contribution in [0.5, 0.6) is 0 Å². The second kappa shape index (κ2) is 8.40. The Bertz CT molecular complexity index is 1570. The molecule has 1 aliphatic rings. The highest BCUT2D eigenvalue weighted by atomic mass is 19.4. The van der Waals surface area contributed by atoms with Gasteiger partial charge in [0.15, 0.2) is 0 Å². The third-order valence-corrected chi connectivity index (χ3v) is 8.51. The van der Waals surface area contributed by atoms with Crippen molar-refractivity contribution in [2.75, 3.05) is 19.0 Å². The van der Waals surface area contributed by atoms with Crippen LogP contribution < -0.4 is 4.90 Å². The molecule has 4 aromatic heterocycles. The van der Waals surface area contributed by atoms with Crippen LogP contribution >= 0.6 is 0 Å². The minimum Gasteiger partial charge on any atom is -0.377 e. The van der Waals surface area contributed by atoms with E-state index in [-0.39, 0.29) is 5.82 Å². The van der Waals surface area contributed by atoms with Gasteiger partial charge in [0.25, 0.3) is 0 Å². The molecule has 0 amide bonds. The number of hydrogen-bond donors (Lipinski definition) is 0. The molecule has 0 unspecified atom stereocenters. The Morgan fingerprint density at radius 2 is 1.31 bits per heavy atom. The first-order chi connectivity index (χ1) is 17.9. The summed E-state index contributed by atoms with van der Waals surface area (Å²) in [5.74, 6) is 0.585. The second-order valence-corrected chi connectivity index (χ2v) is 12.1. The van der Waals surface area contributed by atoms with Crippen LogP contribution in [0, 0.1) is 6.92 Å². The monoisotopic (exact) mass is 537 g/mol. The van der Waals surface area contributed by atoms with Crippen molar-refractivity contribution in [3.05, 3.63) is 77.2 Å². The highest BCUT2D eigenvalue weighted by Gasteiger charge is 2.46. The fourth-order valence-corrected chi connectivity index (χ4v) is 4.94. The van der Waals surface area contributed by atoms with Crippen molar-refractivity contribution in [2.45, 2.75) is 70.9 Å². The molecule has 4 aromatic rings. The van der Waals surface area contributed by atoms with E-state index in [0.29, 0.717) is 17.2 Å². The number of aromatic nitrogens is 6. The Labute approximate surface area is 226 Å². The first kappa shape index (κ1) is 26.9. The van der Waals surface area contributed by atoms with Crippen LogP contribution in [0.25, 0.3) is 11.6 Å². The molecule has 0 N–H and O–H groups in total. The van der Waals surface area contributed by atoms with E-state index < -0.39 is 28.2 Å². The smallest absolute Gasteiger partial charge is 0.377 e. The quantitative estimate of drug-likeness (QED) is 0.292. The van der Waals surface area contributed by atoms with E-state index in [1.54, 1.807) is 6.07 Å². The van der Waals surface area contributed by atoms with Gasteiger partial charge in [-0.1, -0.05) is 33.8 Å². The van der Waals surface area contributed by atoms with Gasteiger partial charge in [0.05, 0.1) is 22.8 Å². The van der Waals surface area contributed by atoms with Gasteiger partial charge in [-0.25, -0.2) is 19.9 Å². The maximum atomic E-state index is 14.5. The lowest BCUT2D eigenvalue weighted by Gasteiger charge is -2.39. The number of aryl methyl sites for hydroxylation is 1. The lowest BCUT2D eigenvalue weighted by atomic mass is 9.64. The summed E-state index contributed by atoms with van der Waals surface area (Å²) in [6, 6.07) is 9.34. The molecule has 7 nitrogen and oxygen atoms in total. The fourth-order valence-electron chi connectivity index (χ4n) is 4.94. The predicted octanol–water partition coefficient (Wildman–Crippen LogP) is 6.14. The lowest BCUT2D eigenvalue weighted by Crippen LogP contribution is -2.41. The Kier molecular flexibility index (Phi) is 5.80. The van der Waals surface area contributed by atoms with Gasteiger partial charge >= 0.3 is 6.18 Å². The van der Waals surface area contributed by atoms with Gasteiger partial charge in [0.1, 0.15) is 17.5 Å². The maximum absolute atomic E-state index is 14.5. The zero-order chi connectivity index (χ0) is 28.7. The number of rotatable bonds is 1. The number of alkyl halides is 3. The first-order valence-corrected chi connectivity index (χ1v) is 12.9. The molecule has 0 fully saturated rings. The summed E-state index contributed by atoms with van der Waals surface area (Å²) in [5.41, 5.74) is 0.847. The van der Waals surface area contributed by atoms with Crippen LogP contribution in [0.15, 0.2) is 42.7 Å². The number of hydrogen-bond acceptors (Lipinski definition) is 5. The van der Waals surface area contributed by atoms with E-state index in [9.17, 15) is 13.2 Å². The van der Waals surface area contributed by atoms with Crippen LogP contribution in [-0.2, 0) is 22.4 Å².